The van der Waals surface area contributed by atoms with Crippen LogP contribution in [0.2, 0.25) is 0 Å². The normalized spacial score (nSPS) is 20.0. The first-order chi connectivity index (χ1) is 17.7. The van der Waals surface area contributed by atoms with Gasteiger partial charge in [0.2, 0.25) is 0 Å². The fraction of sp³-hybridized carbons (Fsp3) is 0.276. The van der Waals surface area contributed by atoms with Gasteiger partial charge in [0.15, 0.2) is 0 Å². The molecule has 2 unspecified atom stereocenters. The molecule has 180 valence electrons. The van der Waals surface area contributed by atoms with Gasteiger partial charge in [-0.1, -0.05) is 30.3 Å². The molecule has 0 bridgehead atoms. The lowest BCUT2D eigenvalue weighted by Gasteiger charge is -2.11. The van der Waals surface area contributed by atoms with E-state index in [-0.39, 0.29) is 11.6 Å². The summed E-state index contributed by atoms with van der Waals surface area (Å²) in [5.74, 6) is 1.76. The van der Waals surface area contributed by atoms with Crippen molar-refractivity contribution in [3.8, 4) is 22.4 Å². The zero-order chi connectivity index (χ0) is 24.1. The van der Waals surface area contributed by atoms with Crippen molar-refractivity contribution in [1.82, 2.24) is 30.6 Å². The molecule has 2 fully saturated rings. The topological polar surface area (TPSA) is 98.5 Å². The molecule has 0 aliphatic carbocycles. The van der Waals surface area contributed by atoms with Crippen LogP contribution in [0.1, 0.15) is 49.4 Å². The number of hydrogen-bond donors (Lipinski definition) is 4. The Labute approximate surface area is 208 Å². The average molecular weight is 477 g/mol. The van der Waals surface area contributed by atoms with Crippen molar-refractivity contribution in [3.05, 3.63) is 82.8 Å². The van der Waals surface area contributed by atoms with Gasteiger partial charge in [-0.2, -0.15) is 0 Å². The first-order valence-electron chi connectivity index (χ1n) is 12.8. The van der Waals surface area contributed by atoms with Crippen molar-refractivity contribution in [2.24, 2.45) is 0 Å². The van der Waals surface area contributed by atoms with Crippen LogP contribution in [0.25, 0.3) is 44.1 Å². The third-order valence-corrected chi connectivity index (χ3v) is 7.58. The monoisotopic (exact) mass is 476 g/mol. The summed E-state index contributed by atoms with van der Waals surface area (Å²) in [4.78, 5) is 28.7. The molecular weight excluding hydrogens is 448 g/mol. The van der Waals surface area contributed by atoms with Crippen LogP contribution in [0, 0.1) is 0 Å². The number of imidazole rings is 1. The Morgan fingerprint density at radius 1 is 0.722 bits per heavy atom. The minimum Gasteiger partial charge on any atom is -0.341 e. The molecule has 7 nitrogen and oxygen atoms in total. The zero-order valence-corrected chi connectivity index (χ0v) is 20.0. The SMILES string of the molecule is O=c1[nH]c(C2CCCN2)nc2ccc(-c3ccc4cc(-c5cnc(C6CCCN6)[nH]5)ccc4c3)cc12. The van der Waals surface area contributed by atoms with Crippen molar-refractivity contribution < 1.29 is 0 Å². The number of H-pyrrole nitrogens is 2. The van der Waals surface area contributed by atoms with E-state index in [1.165, 1.54) is 11.8 Å². The van der Waals surface area contributed by atoms with Gasteiger partial charge in [0.25, 0.3) is 5.56 Å². The van der Waals surface area contributed by atoms with Gasteiger partial charge >= 0.3 is 0 Å². The van der Waals surface area contributed by atoms with Gasteiger partial charge in [-0.05, 0) is 84.9 Å². The molecule has 2 aliphatic rings. The lowest BCUT2D eigenvalue weighted by molar-refractivity contribution is 0.606. The van der Waals surface area contributed by atoms with E-state index < -0.39 is 0 Å². The maximum atomic E-state index is 12.9. The fourth-order valence-electron chi connectivity index (χ4n) is 5.59. The maximum Gasteiger partial charge on any atom is 0.258 e. The summed E-state index contributed by atoms with van der Waals surface area (Å²) in [6, 6.07) is 19.4. The average Bonchev–Trinajstić information content (AvgIpc) is 3.70. The van der Waals surface area contributed by atoms with Gasteiger partial charge < -0.3 is 20.6 Å². The zero-order valence-electron chi connectivity index (χ0n) is 20.0. The van der Waals surface area contributed by atoms with Gasteiger partial charge in [0, 0.05) is 5.56 Å². The summed E-state index contributed by atoms with van der Waals surface area (Å²) >= 11 is 0. The van der Waals surface area contributed by atoms with Crippen molar-refractivity contribution in [1.29, 1.82) is 0 Å². The van der Waals surface area contributed by atoms with E-state index in [1.807, 2.05) is 18.3 Å². The first kappa shape index (κ1) is 21.5. The Morgan fingerprint density at radius 2 is 1.39 bits per heavy atom. The minimum atomic E-state index is -0.0808. The van der Waals surface area contributed by atoms with E-state index in [2.05, 4.69) is 68.1 Å². The number of nitrogens with zero attached hydrogens (tertiary/aromatic N) is 2. The number of hydrogen-bond acceptors (Lipinski definition) is 5. The molecule has 2 saturated heterocycles. The summed E-state index contributed by atoms with van der Waals surface area (Å²) in [5.41, 5.74) is 4.91. The van der Waals surface area contributed by atoms with Crippen LogP contribution in [0.4, 0.5) is 0 Å². The van der Waals surface area contributed by atoms with Crippen molar-refractivity contribution >= 4 is 21.7 Å². The molecule has 36 heavy (non-hydrogen) atoms. The van der Waals surface area contributed by atoms with Crippen molar-refractivity contribution in [3.63, 3.8) is 0 Å². The van der Waals surface area contributed by atoms with Crippen molar-refractivity contribution in [2.75, 3.05) is 13.1 Å². The van der Waals surface area contributed by atoms with E-state index in [0.717, 1.165) is 77.3 Å². The van der Waals surface area contributed by atoms with Crippen molar-refractivity contribution in [2.45, 2.75) is 37.8 Å². The molecule has 7 rings (SSSR count). The standard InChI is InChI=1S/C29H28N6O/c36-29-22-15-20(9-10-23(22)33-28(35-29)25-4-2-12-31-25)18-5-6-19-14-21(8-7-17(19)13-18)26-16-32-27(34-26)24-3-1-11-30-24/h5-10,13-16,24-25,30-31H,1-4,11-12H2,(H,32,34)(H,33,35,36). The number of nitrogens with one attached hydrogen (secondary N) is 4. The second kappa shape index (κ2) is 8.69. The number of aromatic amines is 2. The van der Waals surface area contributed by atoms with E-state index in [1.54, 1.807) is 0 Å². The van der Waals surface area contributed by atoms with Crippen LogP contribution in [0.5, 0.6) is 0 Å². The predicted molar refractivity (Wildman–Crippen MR) is 143 cm³/mol. The van der Waals surface area contributed by atoms with E-state index in [4.69, 9.17) is 4.98 Å². The van der Waals surface area contributed by atoms with E-state index >= 15 is 0 Å². The van der Waals surface area contributed by atoms with Gasteiger partial charge in [0.1, 0.15) is 11.6 Å². The van der Waals surface area contributed by atoms with Crippen LogP contribution >= 0.6 is 0 Å². The fourth-order valence-corrected chi connectivity index (χ4v) is 5.59. The molecule has 2 atom stereocenters. The molecule has 0 radical (unpaired) electrons. The van der Waals surface area contributed by atoms with E-state index in [9.17, 15) is 4.79 Å². The molecule has 5 aromatic rings. The summed E-state index contributed by atoms with van der Waals surface area (Å²) in [7, 11) is 0. The molecule has 0 amide bonds. The lowest BCUT2D eigenvalue weighted by atomic mass is 9.98. The molecule has 0 saturated carbocycles. The number of fused-ring (bicyclic) bond motifs is 2. The molecule has 3 aromatic carbocycles. The third kappa shape index (κ3) is 3.81. The van der Waals surface area contributed by atoms with E-state index in [0.29, 0.717) is 11.4 Å². The second-order valence-corrected chi connectivity index (χ2v) is 9.94. The van der Waals surface area contributed by atoms with Gasteiger partial charge in [-0.25, -0.2) is 9.97 Å². The number of rotatable bonds is 4. The molecular formula is C29H28N6O. The summed E-state index contributed by atoms with van der Waals surface area (Å²) < 4.78 is 0. The van der Waals surface area contributed by atoms with Gasteiger partial charge in [-0.3, -0.25) is 4.79 Å². The quantitative estimate of drug-likeness (QED) is 0.293. The maximum absolute atomic E-state index is 12.9. The summed E-state index contributed by atoms with van der Waals surface area (Å²) in [6.07, 6.45) is 6.36. The summed E-state index contributed by atoms with van der Waals surface area (Å²) in [6.45, 7) is 2.02. The van der Waals surface area contributed by atoms with Gasteiger partial charge in [0.05, 0.1) is 34.9 Å². The van der Waals surface area contributed by atoms with Crippen LogP contribution in [-0.4, -0.2) is 33.0 Å². The summed E-state index contributed by atoms with van der Waals surface area (Å²) in [5, 5.41) is 9.85. The Bertz CT molecular complexity index is 1640. The largest absolute Gasteiger partial charge is 0.341 e. The van der Waals surface area contributed by atoms with Gasteiger partial charge in [-0.15, -0.1) is 0 Å². The van der Waals surface area contributed by atoms with Crippen LogP contribution in [0.15, 0.2) is 65.6 Å². The number of benzene rings is 3. The Morgan fingerprint density at radius 3 is 2.14 bits per heavy atom. The molecule has 2 aliphatic heterocycles. The Hall–Kier alpha value is -3.81. The molecule has 7 heteroatoms. The number of aromatic nitrogens is 4. The Kier molecular flexibility index (Phi) is 5.18. The highest BCUT2D eigenvalue weighted by Crippen LogP contribution is 2.30. The highest BCUT2D eigenvalue weighted by Gasteiger charge is 2.20. The lowest BCUT2D eigenvalue weighted by Crippen LogP contribution is -2.20. The predicted octanol–water partition coefficient (Wildman–Crippen LogP) is 4.98. The van der Waals surface area contributed by atoms with Crippen LogP contribution in [-0.2, 0) is 0 Å². The third-order valence-electron chi connectivity index (χ3n) is 7.58. The minimum absolute atomic E-state index is 0.0808. The molecule has 2 aromatic heterocycles. The molecule has 4 N–H and O–H groups in total. The molecule has 0 spiro atoms. The molecule has 4 heterocycles. The highest BCUT2D eigenvalue weighted by molar-refractivity contribution is 5.92. The first-order valence-corrected chi connectivity index (χ1v) is 12.8. The Balaban J connectivity index is 1.20. The smallest absolute Gasteiger partial charge is 0.258 e. The van der Waals surface area contributed by atoms with Crippen LogP contribution in [0.3, 0.4) is 0 Å². The highest BCUT2D eigenvalue weighted by atomic mass is 16.1. The van der Waals surface area contributed by atoms with Crippen LogP contribution < -0.4 is 16.2 Å². The second-order valence-electron chi connectivity index (χ2n) is 9.94.